The molecule has 0 fully saturated rings. The Morgan fingerprint density at radius 2 is 2.20 bits per heavy atom. The lowest BCUT2D eigenvalue weighted by molar-refractivity contribution is -0.120. The summed E-state index contributed by atoms with van der Waals surface area (Å²) in [4.78, 5) is 15.8. The molecule has 0 saturated heterocycles. The number of amides is 1. The molecule has 0 unspecified atom stereocenters. The standard InChI is InChI=1S/C15H15N3OS/c1-12-17-14(11-20-12)10-15(19)18-16-9-5-8-13-6-3-2-4-7-13/h2-9,11H,10H2,1H3,(H,18,19)/b8-5-,16-9?. The van der Waals surface area contributed by atoms with E-state index < -0.39 is 0 Å². The lowest BCUT2D eigenvalue weighted by atomic mass is 10.2. The zero-order chi connectivity index (χ0) is 14.2. The van der Waals surface area contributed by atoms with Crippen LogP contribution in [0.2, 0.25) is 0 Å². The molecule has 0 spiro atoms. The van der Waals surface area contributed by atoms with Crippen LogP contribution in [0.5, 0.6) is 0 Å². The van der Waals surface area contributed by atoms with Crippen molar-refractivity contribution >= 4 is 29.5 Å². The van der Waals surface area contributed by atoms with Crippen molar-refractivity contribution in [1.82, 2.24) is 10.4 Å². The fraction of sp³-hybridized carbons (Fsp3) is 0.133. The quantitative estimate of drug-likeness (QED) is 0.678. The molecule has 1 N–H and O–H groups in total. The molecule has 1 heterocycles. The van der Waals surface area contributed by atoms with Gasteiger partial charge in [-0.15, -0.1) is 11.3 Å². The third-order valence-electron chi connectivity index (χ3n) is 2.45. The molecule has 5 heteroatoms. The molecule has 1 aromatic carbocycles. The van der Waals surface area contributed by atoms with Gasteiger partial charge in [-0.2, -0.15) is 5.10 Å². The Morgan fingerprint density at radius 1 is 1.40 bits per heavy atom. The minimum absolute atomic E-state index is 0.167. The largest absolute Gasteiger partial charge is 0.273 e. The third kappa shape index (κ3) is 4.78. The van der Waals surface area contributed by atoms with Crippen LogP contribution in [0.25, 0.3) is 6.08 Å². The highest BCUT2D eigenvalue weighted by Crippen LogP contribution is 2.08. The van der Waals surface area contributed by atoms with E-state index in [2.05, 4.69) is 15.5 Å². The molecule has 0 atom stereocenters. The number of hydrogen-bond acceptors (Lipinski definition) is 4. The van der Waals surface area contributed by atoms with Crippen LogP contribution in [0.3, 0.4) is 0 Å². The number of nitrogens with zero attached hydrogens (tertiary/aromatic N) is 2. The normalized spacial score (nSPS) is 11.2. The molecule has 0 saturated carbocycles. The maximum absolute atomic E-state index is 11.6. The third-order valence-corrected chi connectivity index (χ3v) is 3.27. The number of rotatable bonds is 5. The smallest absolute Gasteiger partial charge is 0.246 e. The van der Waals surface area contributed by atoms with Crippen molar-refractivity contribution in [3.63, 3.8) is 0 Å². The molecule has 0 aliphatic rings. The molecular weight excluding hydrogens is 270 g/mol. The summed E-state index contributed by atoms with van der Waals surface area (Å²) in [6.07, 6.45) is 5.50. The summed E-state index contributed by atoms with van der Waals surface area (Å²) in [6.45, 7) is 1.92. The van der Waals surface area contributed by atoms with Gasteiger partial charge in [0.25, 0.3) is 0 Å². The van der Waals surface area contributed by atoms with E-state index in [-0.39, 0.29) is 12.3 Å². The molecule has 2 rings (SSSR count). The van der Waals surface area contributed by atoms with Crippen LogP contribution in [0, 0.1) is 6.92 Å². The summed E-state index contributed by atoms with van der Waals surface area (Å²) in [5, 5.41) is 6.70. The van der Waals surface area contributed by atoms with Crippen LogP contribution >= 0.6 is 11.3 Å². The number of hydrazone groups is 1. The Kier molecular flexibility index (Phi) is 5.20. The average Bonchev–Trinajstić information content (AvgIpc) is 2.85. The number of carbonyl (C=O) groups excluding carboxylic acids is 1. The number of nitrogens with one attached hydrogen (secondary N) is 1. The van der Waals surface area contributed by atoms with Gasteiger partial charge in [0, 0.05) is 11.6 Å². The van der Waals surface area contributed by atoms with Gasteiger partial charge in [0.2, 0.25) is 5.91 Å². The van der Waals surface area contributed by atoms with E-state index in [1.165, 1.54) is 11.3 Å². The molecule has 2 aromatic rings. The van der Waals surface area contributed by atoms with Crippen LogP contribution < -0.4 is 5.43 Å². The molecule has 0 aliphatic heterocycles. The summed E-state index contributed by atoms with van der Waals surface area (Å²) in [6, 6.07) is 9.88. The first-order chi connectivity index (χ1) is 9.74. The van der Waals surface area contributed by atoms with Crippen molar-refractivity contribution in [2.24, 2.45) is 5.10 Å². The highest BCUT2D eigenvalue weighted by molar-refractivity contribution is 7.09. The fourth-order valence-corrected chi connectivity index (χ4v) is 2.18. The van der Waals surface area contributed by atoms with Crippen molar-refractivity contribution in [1.29, 1.82) is 0 Å². The van der Waals surface area contributed by atoms with Crippen molar-refractivity contribution in [2.75, 3.05) is 0 Å². The summed E-state index contributed by atoms with van der Waals surface area (Å²) in [5.41, 5.74) is 4.33. The minimum atomic E-state index is -0.167. The number of thiazole rings is 1. The second kappa shape index (κ2) is 7.35. The first-order valence-electron chi connectivity index (χ1n) is 6.18. The number of benzene rings is 1. The molecule has 20 heavy (non-hydrogen) atoms. The predicted octanol–water partition coefficient (Wildman–Crippen LogP) is 2.81. The minimum Gasteiger partial charge on any atom is -0.273 e. The van der Waals surface area contributed by atoms with Gasteiger partial charge in [-0.05, 0) is 18.6 Å². The van der Waals surface area contributed by atoms with Gasteiger partial charge in [-0.1, -0.05) is 36.4 Å². The second-order valence-electron chi connectivity index (χ2n) is 4.12. The summed E-state index contributed by atoms with van der Waals surface area (Å²) in [5.74, 6) is -0.167. The Hall–Kier alpha value is -2.27. The molecule has 0 aliphatic carbocycles. The molecule has 102 valence electrons. The molecule has 1 amide bonds. The Morgan fingerprint density at radius 3 is 2.90 bits per heavy atom. The van der Waals surface area contributed by atoms with Crippen LogP contribution in [0.4, 0.5) is 0 Å². The maximum Gasteiger partial charge on any atom is 0.246 e. The fourth-order valence-electron chi connectivity index (χ4n) is 1.56. The van der Waals surface area contributed by atoms with Crippen LogP contribution in [-0.2, 0) is 11.2 Å². The van der Waals surface area contributed by atoms with E-state index in [0.717, 1.165) is 16.3 Å². The lowest BCUT2D eigenvalue weighted by Gasteiger charge is -1.95. The van der Waals surface area contributed by atoms with Crippen LogP contribution in [0.1, 0.15) is 16.3 Å². The van der Waals surface area contributed by atoms with Crippen molar-refractivity contribution in [2.45, 2.75) is 13.3 Å². The second-order valence-corrected chi connectivity index (χ2v) is 5.18. The summed E-state index contributed by atoms with van der Waals surface area (Å²) in [7, 11) is 0. The number of aromatic nitrogens is 1. The van der Waals surface area contributed by atoms with Gasteiger partial charge in [0.05, 0.1) is 17.1 Å². The van der Waals surface area contributed by atoms with Gasteiger partial charge in [-0.25, -0.2) is 10.4 Å². The van der Waals surface area contributed by atoms with Crippen LogP contribution in [-0.4, -0.2) is 17.1 Å². The van der Waals surface area contributed by atoms with Gasteiger partial charge >= 0.3 is 0 Å². The number of allylic oxidation sites excluding steroid dienone is 1. The van der Waals surface area contributed by atoms with E-state index >= 15 is 0 Å². The van der Waals surface area contributed by atoms with E-state index in [1.54, 1.807) is 12.3 Å². The van der Waals surface area contributed by atoms with Gasteiger partial charge in [-0.3, -0.25) is 4.79 Å². The van der Waals surface area contributed by atoms with E-state index in [9.17, 15) is 4.79 Å². The zero-order valence-electron chi connectivity index (χ0n) is 11.1. The molecule has 0 bridgehead atoms. The maximum atomic E-state index is 11.6. The van der Waals surface area contributed by atoms with Gasteiger partial charge in [0.15, 0.2) is 0 Å². The monoisotopic (exact) mass is 285 g/mol. The SMILES string of the molecule is Cc1nc(CC(=O)NN=C/C=C\c2ccccc2)cs1. The molecule has 1 aromatic heterocycles. The summed E-state index contributed by atoms with van der Waals surface area (Å²) >= 11 is 1.54. The lowest BCUT2D eigenvalue weighted by Crippen LogP contribution is -2.19. The first kappa shape index (κ1) is 14.1. The van der Waals surface area contributed by atoms with Crippen molar-refractivity contribution < 1.29 is 4.79 Å². The Bertz CT molecular complexity index is 617. The van der Waals surface area contributed by atoms with Gasteiger partial charge < -0.3 is 0 Å². The van der Waals surface area contributed by atoms with E-state index in [4.69, 9.17) is 0 Å². The summed E-state index contributed by atoms with van der Waals surface area (Å²) < 4.78 is 0. The number of hydrogen-bond donors (Lipinski definition) is 1. The molecule has 4 nitrogen and oxygen atoms in total. The topological polar surface area (TPSA) is 54.4 Å². The van der Waals surface area contributed by atoms with E-state index in [0.29, 0.717) is 0 Å². The average molecular weight is 285 g/mol. The van der Waals surface area contributed by atoms with Crippen molar-refractivity contribution in [3.8, 4) is 0 Å². The highest BCUT2D eigenvalue weighted by Gasteiger charge is 2.04. The highest BCUT2D eigenvalue weighted by atomic mass is 32.1. The first-order valence-corrected chi connectivity index (χ1v) is 7.06. The van der Waals surface area contributed by atoms with Crippen molar-refractivity contribution in [3.05, 3.63) is 58.1 Å². The molecular formula is C15H15N3OS. The predicted molar refractivity (Wildman–Crippen MR) is 82.7 cm³/mol. The Labute approximate surface area is 121 Å². The number of aryl methyl sites for hydroxylation is 1. The van der Waals surface area contributed by atoms with Crippen LogP contribution in [0.15, 0.2) is 46.9 Å². The zero-order valence-corrected chi connectivity index (χ0v) is 11.9. The van der Waals surface area contributed by atoms with E-state index in [1.807, 2.05) is 48.7 Å². The number of carbonyl (C=O) groups is 1. The van der Waals surface area contributed by atoms with Gasteiger partial charge in [0.1, 0.15) is 0 Å². The Balaban J connectivity index is 1.76. The molecule has 0 radical (unpaired) electrons.